The zero-order valence-electron chi connectivity index (χ0n) is 16.3. The standard InChI is InChI=1S/C21H24FN3O4/c1-14-13-29-20-19(25(14)21(26)27)11-16(10-15-2-4-17(22)5-3-15)18(23-20)12-24-6-8-28-9-7-24/h2-5,11,14H,6-10,12-13H2,1H3,(H,26,27). The number of morpholine rings is 1. The lowest BCUT2D eigenvalue weighted by molar-refractivity contribution is 0.0334. The number of carboxylic acid groups (broad SMARTS) is 1. The number of rotatable bonds is 4. The van der Waals surface area contributed by atoms with E-state index in [9.17, 15) is 14.3 Å². The summed E-state index contributed by atoms with van der Waals surface area (Å²) in [4.78, 5) is 20.1. The molecule has 1 fully saturated rings. The first-order valence-electron chi connectivity index (χ1n) is 9.73. The molecule has 3 heterocycles. The largest absolute Gasteiger partial charge is 0.474 e. The molecule has 154 valence electrons. The quantitative estimate of drug-likeness (QED) is 0.849. The Morgan fingerprint density at radius 2 is 2.00 bits per heavy atom. The van der Waals surface area contributed by atoms with E-state index < -0.39 is 6.09 Å². The molecule has 8 heteroatoms. The van der Waals surface area contributed by atoms with Crippen LogP contribution in [0, 0.1) is 5.82 Å². The number of halogens is 1. The molecule has 2 aliphatic heterocycles. The van der Waals surface area contributed by atoms with Gasteiger partial charge >= 0.3 is 6.09 Å². The number of hydrogen-bond donors (Lipinski definition) is 1. The Bertz CT molecular complexity index is 884. The van der Waals surface area contributed by atoms with E-state index in [0.717, 1.165) is 29.9 Å². The first-order valence-corrected chi connectivity index (χ1v) is 9.73. The molecule has 2 aromatic rings. The lowest BCUT2D eigenvalue weighted by Gasteiger charge is -2.33. The van der Waals surface area contributed by atoms with Crippen LogP contribution >= 0.6 is 0 Å². The van der Waals surface area contributed by atoms with Gasteiger partial charge in [-0.2, -0.15) is 0 Å². The third kappa shape index (κ3) is 4.33. The molecular formula is C21H24FN3O4. The maximum absolute atomic E-state index is 13.3. The van der Waals surface area contributed by atoms with Crippen molar-refractivity contribution in [1.82, 2.24) is 9.88 Å². The van der Waals surface area contributed by atoms with Crippen LogP contribution in [0.25, 0.3) is 0 Å². The van der Waals surface area contributed by atoms with Crippen LogP contribution in [0.15, 0.2) is 30.3 Å². The minimum Gasteiger partial charge on any atom is -0.474 e. The Balaban J connectivity index is 1.72. The molecule has 0 aliphatic carbocycles. The van der Waals surface area contributed by atoms with Crippen LogP contribution in [0.1, 0.15) is 23.7 Å². The molecule has 0 bridgehead atoms. The Morgan fingerprint density at radius 1 is 1.28 bits per heavy atom. The molecule has 1 N–H and O–H groups in total. The minimum atomic E-state index is -1.03. The topological polar surface area (TPSA) is 75.1 Å². The van der Waals surface area contributed by atoms with Gasteiger partial charge in [0.1, 0.15) is 18.1 Å². The molecule has 0 saturated carbocycles. The summed E-state index contributed by atoms with van der Waals surface area (Å²) in [5.41, 5.74) is 3.14. The maximum atomic E-state index is 13.3. The highest BCUT2D eigenvalue weighted by atomic mass is 19.1. The van der Waals surface area contributed by atoms with Crippen LogP contribution in [0.5, 0.6) is 5.88 Å². The van der Waals surface area contributed by atoms with Crippen molar-refractivity contribution in [2.75, 3.05) is 37.8 Å². The lowest BCUT2D eigenvalue weighted by Crippen LogP contribution is -2.45. The summed E-state index contributed by atoms with van der Waals surface area (Å²) < 4.78 is 24.5. The van der Waals surface area contributed by atoms with E-state index in [-0.39, 0.29) is 18.5 Å². The van der Waals surface area contributed by atoms with Crippen molar-refractivity contribution >= 4 is 11.8 Å². The molecule has 4 rings (SSSR count). The molecule has 1 saturated heterocycles. The van der Waals surface area contributed by atoms with Gasteiger partial charge in [0.2, 0.25) is 5.88 Å². The fraction of sp³-hybridized carbons (Fsp3) is 0.429. The zero-order chi connectivity index (χ0) is 20.4. The number of carbonyl (C=O) groups is 1. The monoisotopic (exact) mass is 401 g/mol. The average Bonchev–Trinajstić information content (AvgIpc) is 2.71. The van der Waals surface area contributed by atoms with Crippen molar-refractivity contribution in [3.8, 4) is 5.88 Å². The summed E-state index contributed by atoms with van der Waals surface area (Å²) in [5.74, 6) is 0.0572. The van der Waals surface area contributed by atoms with Crippen molar-refractivity contribution in [3.05, 3.63) is 53.0 Å². The van der Waals surface area contributed by atoms with Crippen molar-refractivity contribution in [2.45, 2.75) is 25.9 Å². The van der Waals surface area contributed by atoms with E-state index in [0.29, 0.717) is 37.7 Å². The number of ether oxygens (including phenoxy) is 2. The number of amides is 1. The van der Waals surface area contributed by atoms with Crippen LogP contribution in [0.2, 0.25) is 0 Å². The second-order valence-corrected chi connectivity index (χ2v) is 7.42. The van der Waals surface area contributed by atoms with Gasteiger partial charge in [-0.3, -0.25) is 9.80 Å². The normalized spacial score (nSPS) is 19.5. The van der Waals surface area contributed by atoms with E-state index in [2.05, 4.69) is 4.90 Å². The van der Waals surface area contributed by atoms with Crippen LogP contribution in [0.4, 0.5) is 14.9 Å². The van der Waals surface area contributed by atoms with Crippen LogP contribution < -0.4 is 9.64 Å². The molecular weight excluding hydrogens is 377 g/mol. The molecule has 1 amide bonds. The van der Waals surface area contributed by atoms with Gasteiger partial charge in [0, 0.05) is 19.6 Å². The van der Waals surface area contributed by atoms with Crippen molar-refractivity contribution < 1.29 is 23.8 Å². The summed E-state index contributed by atoms with van der Waals surface area (Å²) in [7, 11) is 0. The first kappa shape index (κ1) is 19.6. The highest BCUT2D eigenvalue weighted by Crippen LogP contribution is 2.35. The van der Waals surface area contributed by atoms with Gasteiger partial charge in [-0.05, 0) is 42.7 Å². The summed E-state index contributed by atoms with van der Waals surface area (Å²) in [5, 5.41) is 9.68. The summed E-state index contributed by atoms with van der Waals surface area (Å²) in [6, 6.07) is 7.88. The predicted molar refractivity (Wildman–Crippen MR) is 105 cm³/mol. The summed E-state index contributed by atoms with van der Waals surface area (Å²) >= 11 is 0. The van der Waals surface area contributed by atoms with Crippen LogP contribution in [0.3, 0.4) is 0 Å². The highest BCUT2D eigenvalue weighted by Gasteiger charge is 2.32. The molecule has 1 aromatic heterocycles. The van der Waals surface area contributed by atoms with Gasteiger partial charge in [0.05, 0.1) is 24.9 Å². The molecule has 0 spiro atoms. The third-order valence-electron chi connectivity index (χ3n) is 5.29. The van der Waals surface area contributed by atoms with Crippen molar-refractivity contribution in [2.24, 2.45) is 0 Å². The number of fused-ring (bicyclic) bond motifs is 1. The highest BCUT2D eigenvalue weighted by molar-refractivity contribution is 5.89. The van der Waals surface area contributed by atoms with E-state index in [1.54, 1.807) is 19.1 Å². The van der Waals surface area contributed by atoms with Gasteiger partial charge in [-0.1, -0.05) is 12.1 Å². The van der Waals surface area contributed by atoms with Crippen molar-refractivity contribution in [1.29, 1.82) is 0 Å². The van der Waals surface area contributed by atoms with Gasteiger partial charge in [-0.25, -0.2) is 14.2 Å². The van der Waals surface area contributed by atoms with Crippen LogP contribution in [-0.4, -0.2) is 60.0 Å². The Hall–Kier alpha value is -2.71. The summed E-state index contributed by atoms with van der Waals surface area (Å²) in [6.07, 6.45) is -0.500. The Morgan fingerprint density at radius 3 is 2.69 bits per heavy atom. The lowest BCUT2D eigenvalue weighted by atomic mass is 10.0. The average molecular weight is 401 g/mol. The van der Waals surface area contributed by atoms with E-state index in [1.807, 2.05) is 6.07 Å². The smallest absolute Gasteiger partial charge is 0.412 e. The zero-order valence-corrected chi connectivity index (χ0v) is 16.3. The van der Waals surface area contributed by atoms with Gasteiger partial charge < -0.3 is 14.6 Å². The minimum absolute atomic E-state index is 0.264. The number of nitrogens with zero attached hydrogens (tertiary/aromatic N) is 3. The fourth-order valence-electron chi connectivity index (χ4n) is 3.73. The Labute approximate surface area is 168 Å². The SMILES string of the molecule is CC1COc2nc(CN3CCOCC3)c(Cc3ccc(F)cc3)cc2N1C(=O)O. The van der Waals surface area contributed by atoms with E-state index in [1.165, 1.54) is 17.0 Å². The van der Waals surface area contributed by atoms with Gasteiger partial charge in [0.25, 0.3) is 0 Å². The number of hydrogen-bond acceptors (Lipinski definition) is 5. The maximum Gasteiger partial charge on any atom is 0.412 e. The number of pyridine rings is 1. The van der Waals surface area contributed by atoms with Gasteiger partial charge in [0.15, 0.2) is 0 Å². The van der Waals surface area contributed by atoms with E-state index in [4.69, 9.17) is 14.5 Å². The number of anilines is 1. The molecule has 1 atom stereocenters. The molecule has 0 radical (unpaired) electrons. The number of benzene rings is 1. The fourth-order valence-corrected chi connectivity index (χ4v) is 3.73. The second-order valence-electron chi connectivity index (χ2n) is 7.42. The number of aromatic nitrogens is 1. The van der Waals surface area contributed by atoms with Gasteiger partial charge in [-0.15, -0.1) is 0 Å². The Kier molecular flexibility index (Phi) is 5.64. The molecule has 2 aliphatic rings. The molecule has 1 unspecified atom stereocenters. The van der Waals surface area contributed by atoms with E-state index >= 15 is 0 Å². The van der Waals surface area contributed by atoms with Crippen LogP contribution in [-0.2, 0) is 17.7 Å². The van der Waals surface area contributed by atoms with Crippen molar-refractivity contribution in [3.63, 3.8) is 0 Å². The summed E-state index contributed by atoms with van der Waals surface area (Å²) in [6.45, 7) is 5.68. The molecule has 7 nitrogen and oxygen atoms in total. The second kappa shape index (κ2) is 8.34. The molecule has 29 heavy (non-hydrogen) atoms. The third-order valence-corrected chi connectivity index (χ3v) is 5.29. The molecule has 1 aromatic carbocycles. The predicted octanol–water partition coefficient (Wildman–Crippen LogP) is 2.91. The first-order chi connectivity index (χ1) is 14.0.